The summed E-state index contributed by atoms with van der Waals surface area (Å²) in [6, 6.07) is 29.4. The summed E-state index contributed by atoms with van der Waals surface area (Å²) in [4.78, 5) is 4.75. The van der Waals surface area contributed by atoms with Crippen molar-refractivity contribution in [2.45, 2.75) is 6.54 Å². The van der Waals surface area contributed by atoms with Crippen LogP contribution in [0.5, 0.6) is 0 Å². The Balaban J connectivity index is 1.85. The van der Waals surface area contributed by atoms with E-state index in [2.05, 4.69) is 100.0 Å². The number of hydrogen-bond donors (Lipinski definition) is 0. The summed E-state index contributed by atoms with van der Waals surface area (Å²) in [5.74, 6) is 0. The third-order valence-electron chi connectivity index (χ3n) is 4.23. The van der Waals surface area contributed by atoms with Gasteiger partial charge in [0.25, 0.3) is 0 Å². The SMILES string of the molecule is Ic1ccccc1Cn1cnc(-c2ccccc2)c1-c1ccccc1. The van der Waals surface area contributed by atoms with Crippen LogP contribution in [0.4, 0.5) is 0 Å². The molecule has 0 amide bonds. The van der Waals surface area contributed by atoms with Gasteiger partial charge in [0.2, 0.25) is 0 Å². The molecule has 1 heterocycles. The first-order valence-electron chi connectivity index (χ1n) is 8.22. The van der Waals surface area contributed by atoms with Gasteiger partial charge in [-0.2, -0.15) is 0 Å². The third-order valence-corrected chi connectivity index (χ3v) is 5.28. The first kappa shape index (κ1) is 16.1. The maximum absolute atomic E-state index is 4.75. The van der Waals surface area contributed by atoms with Gasteiger partial charge in [0.05, 0.1) is 24.3 Å². The molecule has 0 bridgehead atoms. The first-order chi connectivity index (χ1) is 12.3. The van der Waals surface area contributed by atoms with Crippen LogP contribution >= 0.6 is 22.6 Å². The lowest BCUT2D eigenvalue weighted by Crippen LogP contribution is -2.02. The van der Waals surface area contributed by atoms with Gasteiger partial charge >= 0.3 is 0 Å². The molecule has 4 rings (SSSR count). The van der Waals surface area contributed by atoms with Crippen molar-refractivity contribution in [2.75, 3.05) is 0 Å². The summed E-state index contributed by atoms with van der Waals surface area (Å²) < 4.78 is 3.52. The topological polar surface area (TPSA) is 17.8 Å². The zero-order valence-electron chi connectivity index (χ0n) is 13.6. The van der Waals surface area contributed by atoms with Crippen molar-refractivity contribution in [3.8, 4) is 22.5 Å². The normalized spacial score (nSPS) is 10.8. The van der Waals surface area contributed by atoms with Crippen molar-refractivity contribution in [3.05, 3.63) is 100 Å². The molecule has 1 aromatic heterocycles. The molecule has 3 heteroatoms. The monoisotopic (exact) mass is 436 g/mol. The Hall–Kier alpha value is -2.40. The van der Waals surface area contributed by atoms with Crippen LogP contribution in [0.25, 0.3) is 22.5 Å². The van der Waals surface area contributed by atoms with Crippen molar-refractivity contribution in [2.24, 2.45) is 0 Å². The highest BCUT2D eigenvalue weighted by Gasteiger charge is 2.15. The minimum Gasteiger partial charge on any atom is -0.326 e. The summed E-state index contributed by atoms with van der Waals surface area (Å²) >= 11 is 2.40. The minimum absolute atomic E-state index is 0.809. The highest BCUT2D eigenvalue weighted by atomic mass is 127. The van der Waals surface area contributed by atoms with Gasteiger partial charge in [0, 0.05) is 14.7 Å². The predicted octanol–water partition coefficient (Wildman–Crippen LogP) is 5.87. The van der Waals surface area contributed by atoms with Gasteiger partial charge < -0.3 is 4.57 Å². The Morgan fingerprint density at radius 2 is 1.32 bits per heavy atom. The number of aromatic nitrogens is 2. The number of nitrogens with zero attached hydrogens (tertiary/aromatic N) is 2. The standard InChI is InChI=1S/C22H17IN2/c23-20-14-8-7-13-19(20)15-25-16-24-21(17-9-3-1-4-10-17)22(25)18-11-5-2-6-12-18/h1-14,16H,15H2. The molecule has 4 aromatic rings. The van der Waals surface area contributed by atoms with Crippen LogP contribution in [0, 0.1) is 3.57 Å². The minimum atomic E-state index is 0.809. The molecule has 0 spiro atoms. The number of halogens is 1. The fourth-order valence-corrected chi connectivity index (χ4v) is 3.58. The molecule has 0 radical (unpaired) electrons. The summed E-state index contributed by atoms with van der Waals surface area (Å²) in [5, 5.41) is 0. The van der Waals surface area contributed by atoms with Crippen LogP contribution in [0.1, 0.15) is 5.56 Å². The van der Waals surface area contributed by atoms with Crippen molar-refractivity contribution in [1.82, 2.24) is 9.55 Å². The Morgan fingerprint density at radius 1 is 0.720 bits per heavy atom. The maximum atomic E-state index is 4.75. The van der Waals surface area contributed by atoms with Crippen LogP contribution in [-0.2, 0) is 6.54 Å². The van der Waals surface area contributed by atoms with Gasteiger partial charge in [-0.1, -0.05) is 78.9 Å². The van der Waals surface area contributed by atoms with Gasteiger partial charge in [-0.25, -0.2) is 4.98 Å². The zero-order valence-corrected chi connectivity index (χ0v) is 15.8. The van der Waals surface area contributed by atoms with E-state index in [1.165, 1.54) is 14.7 Å². The van der Waals surface area contributed by atoms with Crippen molar-refractivity contribution >= 4 is 22.6 Å². The Kier molecular flexibility index (Phi) is 4.65. The fraction of sp³-hybridized carbons (Fsp3) is 0.0455. The van der Waals surface area contributed by atoms with E-state index >= 15 is 0 Å². The summed E-state index contributed by atoms with van der Waals surface area (Å²) in [6.45, 7) is 0.809. The van der Waals surface area contributed by atoms with E-state index in [1.807, 2.05) is 18.5 Å². The van der Waals surface area contributed by atoms with Gasteiger partial charge in [0.15, 0.2) is 0 Å². The maximum Gasteiger partial charge on any atom is 0.0963 e. The number of rotatable bonds is 4. The van der Waals surface area contributed by atoms with Crippen LogP contribution in [0.15, 0.2) is 91.3 Å². The molecule has 0 fully saturated rings. The van der Waals surface area contributed by atoms with Crippen LogP contribution in [-0.4, -0.2) is 9.55 Å². The van der Waals surface area contributed by atoms with E-state index < -0.39 is 0 Å². The number of benzene rings is 3. The second-order valence-electron chi connectivity index (χ2n) is 5.89. The van der Waals surface area contributed by atoms with Crippen molar-refractivity contribution in [1.29, 1.82) is 0 Å². The van der Waals surface area contributed by atoms with E-state index in [4.69, 9.17) is 4.98 Å². The van der Waals surface area contributed by atoms with E-state index in [-0.39, 0.29) is 0 Å². The lowest BCUT2D eigenvalue weighted by molar-refractivity contribution is 0.801. The lowest BCUT2D eigenvalue weighted by atomic mass is 10.0. The Bertz CT molecular complexity index is 975. The molecule has 122 valence electrons. The molecule has 3 aromatic carbocycles. The lowest BCUT2D eigenvalue weighted by Gasteiger charge is -2.12. The van der Waals surface area contributed by atoms with Crippen LogP contribution in [0.2, 0.25) is 0 Å². The van der Waals surface area contributed by atoms with Crippen LogP contribution < -0.4 is 0 Å². The van der Waals surface area contributed by atoms with Crippen LogP contribution in [0.3, 0.4) is 0 Å². The predicted molar refractivity (Wildman–Crippen MR) is 111 cm³/mol. The zero-order chi connectivity index (χ0) is 17.1. The highest BCUT2D eigenvalue weighted by Crippen LogP contribution is 2.31. The van der Waals surface area contributed by atoms with Gasteiger partial charge in [-0.05, 0) is 34.2 Å². The average Bonchev–Trinajstić information content (AvgIpc) is 3.09. The second-order valence-corrected chi connectivity index (χ2v) is 7.06. The second kappa shape index (κ2) is 7.23. The van der Waals surface area contributed by atoms with E-state index in [1.54, 1.807) is 0 Å². The molecule has 0 atom stereocenters. The molecule has 0 aliphatic carbocycles. The molecular weight excluding hydrogens is 419 g/mol. The molecule has 0 aliphatic heterocycles. The average molecular weight is 436 g/mol. The number of hydrogen-bond acceptors (Lipinski definition) is 1. The van der Waals surface area contributed by atoms with Crippen molar-refractivity contribution < 1.29 is 0 Å². The Morgan fingerprint density at radius 3 is 2.00 bits per heavy atom. The highest BCUT2D eigenvalue weighted by molar-refractivity contribution is 14.1. The molecule has 0 unspecified atom stereocenters. The first-order valence-corrected chi connectivity index (χ1v) is 9.30. The quantitative estimate of drug-likeness (QED) is 0.366. The molecule has 0 saturated heterocycles. The fourth-order valence-electron chi connectivity index (χ4n) is 3.02. The van der Waals surface area contributed by atoms with Gasteiger partial charge in [-0.3, -0.25) is 0 Å². The van der Waals surface area contributed by atoms with Gasteiger partial charge in [-0.15, -0.1) is 0 Å². The van der Waals surface area contributed by atoms with E-state index in [9.17, 15) is 0 Å². The Labute approximate surface area is 161 Å². The summed E-state index contributed by atoms with van der Waals surface area (Å²) in [7, 11) is 0. The molecular formula is C22H17IN2. The smallest absolute Gasteiger partial charge is 0.0963 e. The molecule has 0 aliphatic rings. The summed E-state index contributed by atoms with van der Waals surface area (Å²) in [5.41, 5.74) is 5.81. The van der Waals surface area contributed by atoms with E-state index in [0.29, 0.717) is 0 Å². The van der Waals surface area contributed by atoms with E-state index in [0.717, 1.165) is 23.5 Å². The third kappa shape index (κ3) is 3.37. The number of imidazole rings is 1. The largest absolute Gasteiger partial charge is 0.326 e. The molecule has 25 heavy (non-hydrogen) atoms. The molecule has 2 nitrogen and oxygen atoms in total. The van der Waals surface area contributed by atoms with Gasteiger partial charge in [0.1, 0.15) is 0 Å². The summed E-state index contributed by atoms with van der Waals surface area (Å²) in [6.07, 6.45) is 1.95. The molecule has 0 saturated carbocycles. The van der Waals surface area contributed by atoms with Crippen molar-refractivity contribution in [3.63, 3.8) is 0 Å². The molecule has 0 N–H and O–H groups in total.